The van der Waals surface area contributed by atoms with Crippen molar-refractivity contribution in [2.75, 3.05) is 13.2 Å². The Morgan fingerprint density at radius 2 is 1.26 bits per heavy atom. The van der Waals surface area contributed by atoms with E-state index in [1.165, 1.54) is 92.9 Å². The predicted molar refractivity (Wildman–Crippen MR) is 143 cm³/mol. The van der Waals surface area contributed by atoms with Gasteiger partial charge in [0.2, 0.25) is 0 Å². The Morgan fingerprint density at radius 3 is 1.85 bits per heavy atom. The molecule has 0 radical (unpaired) electrons. The molecule has 0 aromatic heterocycles. The normalized spacial score (nSPS) is 25.4. The summed E-state index contributed by atoms with van der Waals surface area (Å²) in [6.45, 7) is 5.98. The molecule has 4 rings (SSSR count). The van der Waals surface area contributed by atoms with Crippen LogP contribution >= 0.6 is 0 Å². The third kappa shape index (κ3) is 7.18. The second kappa shape index (κ2) is 13.4. The van der Waals surface area contributed by atoms with Crippen molar-refractivity contribution in [3.8, 4) is 11.1 Å². The van der Waals surface area contributed by atoms with Crippen LogP contribution in [0, 0.1) is 5.92 Å². The minimum Gasteiger partial charge on any atom is -0.373 e. The molecular weight excluding hydrogens is 416 g/mol. The summed E-state index contributed by atoms with van der Waals surface area (Å²) in [4.78, 5) is 0. The number of hydrogen-bond donors (Lipinski definition) is 0. The molecule has 1 aliphatic carbocycles. The minimum absolute atomic E-state index is 0.0654. The van der Waals surface area contributed by atoms with Gasteiger partial charge in [0, 0.05) is 0 Å². The molecule has 1 saturated heterocycles. The third-order valence-electron chi connectivity index (χ3n) is 8.14. The molecule has 2 fully saturated rings. The van der Waals surface area contributed by atoms with Gasteiger partial charge in [-0.25, -0.2) is 0 Å². The summed E-state index contributed by atoms with van der Waals surface area (Å²) in [5.74, 6) is 1.73. The summed E-state index contributed by atoms with van der Waals surface area (Å²) < 4.78 is 12.3. The summed E-state index contributed by atoms with van der Waals surface area (Å²) >= 11 is 0. The van der Waals surface area contributed by atoms with Crippen molar-refractivity contribution >= 4 is 0 Å². The lowest BCUT2D eigenvalue weighted by molar-refractivity contribution is -0.137. The molecule has 2 aliphatic rings. The first-order valence-electron chi connectivity index (χ1n) is 14.2. The van der Waals surface area contributed by atoms with E-state index in [-0.39, 0.29) is 12.2 Å². The van der Waals surface area contributed by atoms with E-state index >= 15 is 0 Å². The third-order valence-corrected chi connectivity index (χ3v) is 8.14. The average Bonchev–Trinajstić information content (AvgIpc) is 2.90. The highest BCUT2D eigenvalue weighted by molar-refractivity contribution is 5.64. The zero-order valence-electron chi connectivity index (χ0n) is 21.6. The van der Waals surface area contributed by atoms with Crippen LogP contribution < -0.4 is 0 Å². The Bertz CT molecular complexity index is 809. The average molecular weight is 463 g/mol. The Kier molecular flexibility index (Phi) is 10.1. The van der Waals surface area contributed by atoms with Gasteiger partial charge < -0.3 is 9.47 Å². The predicted octanol–water partition coefficient (Wildman–Crippen LogP) is 9.24. The summed E-state index contributed by atoms with van der Waals surface area (Å²) in [7, 11) is 0. The highest BCUT2D eigenvalue weighted by Gasteiger charge is 2.24. The van der Waals surface area contributed by atoms with Gasteiger partial charge in [-0.15, -0.1) is 0 Å². The molecule has 1 aliphatic heterocycles. The van der Waals surface area contributed by atoms with Crippen molar-refractivity contribution in [2.45, 2.75) is 109 Å². The smallest absolute Gasteiger partial charge is 0.106 e. The van der Waals surface area contributed by atoms with Crippen LogP contribution in [-0.4, -0.2) is 19.3 Å². The van der Waals surface area contributed by atoms with E-state index in [4.69, 9.17) is 9.47 Å². The first kappa shape index (κ1) is 25.5. The maximum Gasteiger partial charge on any atom is 0.106 e. The molecule has 1 saturated carbocycles. The Hall–Kier alpha value is -1.64. The molecule has 34 heavy (non-hydrogen) atoms. The van der Waals surface area contributed by atoms with E-state index < -0.39 is 0 Å². The summed E-state index contributed by atoms with van der Waals surface area (Å²) in [6, 6.07) is 18.3. The number of hydrogen-bond acceptors (Lipinski definition) is 2. The molecule has 1 heterocycles. The van der Waals surface area contributed by atoms with Crippen molar-refractivity contribution in [1.29, 1.82) is 0 Å². The van der Waals surface area contributed by atoms with Gasteiger partial charge in [0.15, 0.2) is 0 Å². The zero-order chi connectivity index (χ0) is 23.6. The second-order valence-corrected chi connectivity index (χ2v) is 10.7. The summed E-state index contributed by atoms with van der Waals surface area (Å²) in [5.41, 5.74) is 5.34. The van der Waals surface area contributed by atoms with Crippen LogP contribution in [0.25, 0.3) is 11.1 Å². The van der Waals surface area contributed by atoms with Crippen LogP contribution in [-0.2, 0) is 9.47 Å². The fourth-order valence-electron chi connectivity index (χ4n) is 5.91. The highest BCUT2D eigenvalue weighted by Crippen LogP contribution is 2.38. The maximum absolute atomic E-state index is 6.18. The first-order chi connectivity index (χ1) is 16.8. The topological polar surface area (TPSA) is 18.5 Å². The molecule has 2 heteroatoms. The first-order valence-corrected chi connectivity index (χ1v) is 14.2. The summed E-state index contributed by atoms with van der Waals surface area (Å²) in [6.07, 6.45) is 16.3. The molecule has 0 amide bonds. The molecule has 0 unspecified atom stereocenters. The Balaban J connectivity index is 1.24. The standard InChI is InChI=1S/C32H46O2/c1-3-5-6-7-8-10-31-23-34-32(24-33-31)30-21-19-29(20-22-30)28-17-15-27(16-18-28)26-13-11-25(9-4-2)12-14-26/h15-22,25-26,31-32H,3-14,23-24H2,1-2H3/t25-,26-,31-,32-/m1/s1. The van der Waals surface area contributed by atoms with Gasteiger partial charge in [0.25, 0.3) is 0 Å². The number of rotatable bonds is 11. The molecule has 2 nitrogen and oxygen atoms in total. The van der Waals surface area contributed by atoms with Gasteiger partial charge in [-0.05, 0) is 66.2 Å². The SMILES string of the molecule is CCCCCCC[C@@H]1CO[C@@H](c2ccc(-c3ccc([C@H]4CC[C@H](CCC)CC4)cc3)cc2)CO1. The molecule has 2 aromatic carbocycles. The van der Waals surface area contributed by atoms with Crippen LogP contribution in [0.1, 0.15) is 114 Å². The molecular formula is C32H46O2. The van der Waals surface area contributed by atoms with E-state index in [1.807, 2.05) is 0 Å². The zero-order valence-corrected chi connectivity index (χ0v) is 21.6. The lowest BCUT2D eigenvalue weighted by Crippen LogP contribution is -2.31. The molecule has 186 valence electrons. The number of ether oxygens (including phenoxy) is 2. The lowest BCUT2D eigenvalue weighted by atomic mass is 9.77. The van der Waals surface area contributed by atoms with Crippen LogP contribution in [0.15, 0.2) is 48.5 Å². The summed E-state index contributed by atoms with van der Waals surface area (Å²) in [5, 5.41) is 0. The van der Waals surface area contributed by atoms with E-state index in [9.17, 15) is 0 Å². The largest absolute Gasteiger partial charge is 0.373 e. The number of unbranched alkanes of at least 4 members (excludes halogenated alkanes) is 4. The van der Waals surface area contributed by atoms with Crippen LogP contribution in [0.4, 0.5) is 0 Å². The van der Waals surface area contributed by atoms with Gasteiger partial charge in [0.1, 0.15) is 6.10 Å². The van der Waals surface area contributed by atoms with Gasteiger partial charge in [-0.2, -0.15) is 0 Å². The van der Waals surface area contributed by atoms with Gasteiger partial charge in [0.05, 0.1) is 19.3 Å². The van der Waals surface area contributed by atoms with Gasteiger partial charge in [-0.1, -0.05) is 107 Å². The Morgan fingerprint density at radius 1 is 0.618 bits per heavy atom. The Labute approximate surface area is 208 Å². The van der Waals surface area contributed by atoms with Crippen molar-refractivity contribution in [1.82, 2.24) is 0 Å². The number of benzene rings is 2. The molecule has 0 bridgehead atoms. The van der Waals surface area contributed by atoms with Crippen molar-refractivity contribution < 1.29 is 9.47 Å². The van der Waals surface area contributed by atoms with E-state index in [0.717, 1.165) is 24.9 Å². The molecule has 0 spiro atoms. The van der Waals surface area contributed by atoms with Crippen LogP contribution in [0.5, 0.6) is 0 Å². The fourth-order valence-corrected chi connectivity index (χ4v) is 5.91. The van der Waals surface area contributed by atoms with E-state index in [1.54, 1.807) is 0 Å². The quantitative estimate of drug-likeness (QED) is 0.310. The monoisotopic (exact) mass is 462 g/mol. The molecule has 2 atom stereocenters. The van der Waals surface area contributed by atoms with Crippen LogP contribution in [0.3, 0.4) is 0 Å². The van der Waals surface area contributed by atoms with Crippen molar-refractivity contribution in [3.63, 3.8) is 0 Å². The molecule has 2 aromatic rings. The van der Waals surface area contributed by atoms with Gasteiger partial charge in [-0.3, -0.25) is 0 Å². The fraction of sp³-hybridized carbons (Fsp3) is 0.625. The molecule has 0 N–H and O–H groups in total. The van der Waals surface area contributed by atoms with Gasteiger partial charge >= 0.3 is 0 Å². The second-order valence-electron chi connectivity index (χ2n) is 10.7. The van der Waals surface area contributed by atoms with Crippen molar-refractivity contribution in [3.05, 3.63) is 59.7 Å². The maximum atomic E-state index is 6.18. The highest BCUT2D eigenvalue weighted by atomic mass is 16.6. The lowest BCUT2D eigenvalue weighted by Gasteiger charge is -2.30. The van der Waals surface area contributed by atoms with Crippen LogP contribution in [0.2, 0.25) is 0 Å². The van der Waals surface area contributed by atoms with Crippen molar-refractivity contribution in [2.24, 2.45) is 5.92 Å². The van der Waals surface area contributed by atoms with E-state index in [2.05, 4.69) is 62.4 Å². The van der Waals surface area contributed by atoms with E-state index in [0.29, 0.717) is 6.61 Å². The minimum atomic E-state index is 0.0654.